The van der Waals surface area contributed by atoms with Crippen LogP contribution in [0.25, 0.3) is 11.1 Å². The van der Waals surface area contributed by atoms with Crippen LogP contribution in [0.3, 0.4) is 0 Å². The fourth-order valence-corrected chi connectivity index (χ4v) is 4.75. The highest BCUT2D eigenvalue weighted by Gasteiger charge is 2.27. The van der Waals surface area contributed by atoms with Gasteiger partial charge < -0.3 is 0 Å². The summed E-state index contributed by atoms with van der Waals surface area (Å²) >= 11 is 58.3. The second-order valence-electron chi connectivity index (χ2n) is 3.89. The summed E-state index contributed by atoms with van der Waals surface area (Å²) in [5.41, 5.74) is 0.539. The first-order chi connectivity index (χ1) is 10.1. The van der Waals surface area contributed by atoms with E-state index in [1.54, 1.807) is 0 Å². The first-order valence-corrected chi connectivity index (χ1v) is 9.33. The van der Waals surface area contributed by atoms with E-state index in [1.165, 1.54) is 0 Å². The van der Waals surface area contributed by atoms with E-state index < -0.39 is 0 Å². The summed E-state index contributed by atoms with van der Waals surface area (Å²) in [5, 5.41) is 0.539. The molecule has 0 N–H and O–H groups in total. The molecule has 0 radical (unpaired) electrons. The summed E-state index contributed by atoms with van der Waals surface area (Å²) in [6.07, 6.45) is 0. The Balaban J connectivity index is 3.03. The van der Waals surface area contributed by atoms with E-state index in [0.29, 0.717) is 10.0 Å². The monoisotopic (exact) mass is 538 g/mol. The van der Waals surface area contributed by atoms with Crippen molar-refractivity contribution < 1.29 is 0 Å². The Bertz CT molecular complexity index is 675. The van der Waals surface area contributed by atoms with Crippen LogP contribution in [0, 0.1) is 0 Å². The van der Waals surface area contributed by atoms with E-state index in [9.17, 15) is 0 Å². The molecule has 0 aliphatic heterocycles. The van der Waals surface area contributed by atoms with Gasteiger partial charge in [0.15, 0.2) is 0 Å². The van der Waals surface area contributed by atoms with Gasteiger partial charge in [-0.15, -0.1) is 0 Å². The first-order valence-electron chi connectivity index (χ1n) is 5.14. The molecule has 0 aliphatic rings. The van der Waals surface area contributed by atoms with Crippen LogP contribution in [-0.4, -0.2) is 0 Å². The van der Waals surface area contributed by atoms with Crippen molar-refractivity contribution in [3.05, 3.63) is 49.7 Å². The average molecular weight is 543 g/mol. The van der Waals surface area contributed by atoms with Crippen LogP contribution in [0.5, 0.6) is 0 Å². The third kappa shape index (κ3) is 3.17. The molecule has 0 nitrogen and oxygen atoms in total. The van der Waals surface area contributed by atoms with Crippen LogP contribution in [0.4, 0.5) is 0 Å². The minimum atomic E-state index is 0.0258. The van der Waals surface area contributed by atoms with E-state index in [1.807, 2.05) is 0 Å². The molecule has 0 saturated carbocycles. The smallest absolute Gasteiger partial charge is 0.0809 e. The lowest BCUT2D eigenvalue weighted by Gasteiger charge is -2.17. The van der Waals surface area contributed by atoms with Crippen LogP contribution >= 0.6 is 120 Å². The maximum Gasteiger partial charge on any atom is 0.0809 e. The number of rotatable bonds is 1. The second-order valence-corrected chi connectivity index (χ2v) is 8.08. The normalized spacial score (nSPS) is 11.2. The van der Waals surface area contributed by atoms with Gasteiger partial charge in [-0.1, -0.05) is 104 Å². The molecule has 2 aromatic rings. The fraction of sp³-hybridized carbons (Fsp3) is 0. The fourth-order valence-electron chi connectivity index (χ4n) is 1.65. The quantitative estimate of drug-likeness (QED) is 0.248. The van der Waals surface area contributed by atoms with Gasteiger partial charge in [-0.25, -0.2) is 0 Å². The van der Waals surface area contributed by atoms with Gasteiger partial charge in [0.2, 0.25) is 0 Å². The Morgan fingerprint density at radius 2 is 0.636 bits per heavy atom. The van der Waals surface area contributed by atoms with Crippen molar-refractivity contribution in [3.63, 3.8) is 0 Å². The van der Waals surface area contributed by atoms with Crippen molar-refractivity contribution in [2.45, 2.75) is 0 Å². The molecule has 0 bridgehead atoms. The molecule has 0 aromatic heterocycles. The van der Waals surface area contributed by atoms with E-state index in [0.717, 1.165) is 0 Å². The molecule has 0 unspecified atom stereocenters. The number of hydrogen-bond acceptors (Lipinski definition) is 0. The van der Waals surface area contributed by atoms with Crippen LogP contribution in [0.15, 0.2) is 4.47 Å². The molecule has 118 valence electrons. The molecule has 0 amide bonds. The SMILES string of the molecule is Clc1c(Cl)c(Cl)c(-c2c(Cl)c(Cl)c(Cl)c(Cl)c2Br)c(Cl)c1Cl. The topological polar surface area (TPSA) is 0 Å². The van der Waals surface area contributed by atoms with Gasteiger partial charge in [0.25, 0.3) is 0 Å². The third-order valence-electron chi connectivity index (χ3n) is 2.67. The van der Waals surface area contributed by atoms with E-state index in [2.05, 4.69) is 15.9 Å². The van der Waals surface area contributed by atoms with Crippen LogP contribution in [0.2, 0.25) is 45.2 Å². The average Bonchev–Trinajstić information content (AvgIpc) is 2.50. The summed E-state index contributed by atoms with van der Waals surface area (Å²) in [6.45, 7) is 0. The lowest BCUT2D eigenvalue weighted by Crippen LogP contribution is -1.91. The van der Waals surface area contributed by atoms with Gasteiger partial charge in [-0.05, 0) is 15.9 Å². The highest BCUT2D eigenvalue weighted by Crippen LogP contribution is 2.55. The molecule has 0 heterocycles. The number of halogens is 10. The predicted octanol–water partition coefficient (Wildman–Crippen LogP) is 10.00. The van der Waals surface area contributed by atoms with E-state index in [4.69, 9.17) is 104 Å². The van der Waals surface area contributed by atoms with Crippen LogP contribution in [0.1, 0.15) is 0 Å². The van der Waals surface area contributed by atoms with Gasteiger partial charge in [0.1, 0.15) is 0 Å². The summed E-state index contributed by atoms with van der Waals surface area (Å²) in [5.74, 6) is 0. The Morgan fingerprint density at radius 1 is 0.364 bits per heavy atom. The Kier molecular flexibility index (Phi) is 6.69. The Morgan fingerprint density at radius 3 is 1.05 bits per heavy atom. The van der Waals surface area contributed by atoms with Crippen molar-refractivity contribution in [2.75, 3.05) is 0 Å². The van der Waals surface area contributed by atoms with Gasteiger partial charge in [-0.2, -0.15) is 0 Å². The Labute approximate surface area is 179 Å². The molecular formula is C12BrCl9. The van der Waals surface area contributed by atoms with Crippen LogP contribution in [-0.2, 0) is 0 Å². The summed E-state index contributed by atoms with van der Waals surface area (Å²) in [6, 6.07) is 0. The molecule has 22 heavy (non-hydrogen) atoms. The molecule has 2 rings (SSSR count). The zero-order chi connectivity index (χ0) is 16.9. The highest BCUT2D eigenvalue weighted by molar-refractivity contribution is 9.10. The first kappa shape index (κ1) is 19.8. The summed E-state index contributed by atoms with van der Waals surface area (Å²) < 4.78 is 0.340. The lowest BCUT2D eigenvalue weighted by atomic mass is 10.1. The zero-order valence-electron chi connectivity index (χ0n) is 9.78. The van der Waals surface area contributed by atoms with Gasteiger partial charge in [0, 0.05) is 15.6 Å². The van der Waals surface area contributed by atoms with Crippen molar-refractivity contribution >= 4 is 120 Å². The van der Waals surface area contributed by atoms with Gasteiger partial charge in [-0.3, -0.25) is 0 Å². The standard InChI is InChI=1S/C12BrCl9/c13-3-1(4(14)8(18)11(21)7(3)17)2-5(15)9(19)12(22)10(20)6(2)16. The Hall–Kier alpha value is 1.53. The molecule has 0 fully saturated rings. The van der Waals surface area contributed by atoms with Crippen molar-refractivity contribution in [1.82, 2.24) is 0 Å². The molecule has 0 aliphatic carbocycles. The minimum Gasteiger partial charge on any atom is -0.0819 e. The molecular weight excluding hydrogens is 543 g/mol. The van der Waals surface area contributed by atoms with Crippen molar-refractivity contribution in [3.8, 4) is 11.1 Å². The third-order valence-corrected chi connectivity index (χ3v) is 7.77. The van der Waals surface area contributed by atoms with Gasteiger partial charge in [0.05, 0.1) is 45.2 Å². The molecule has 0 spiro atoms. The lowest BCUT2D eigenvalue weighted by molar-refractivity contribution is 1.57. The van der Waals surface area contributed by atoms with Crippen LogP contribution < -0.4 is 0 Å². The molecule has 10 heteroatoms. The highest BCUT2D eigenvalue weighted by atomic mass is 79.9. The van der Waals surface area contributed by atoms with Crippen molar-refractivity contribution in [2.24, 2.45) is 0 Å². The molecule has 0 saturated heterocycles. The zero-order valence-corrected chi connectivity index (χ0v) is 18.2. The second kappa shape index (κ2) is 7.41. The largest absolute Gasteiger partial charge is 0.0819 e. The molecule has 2 aromatic carbocycles. The summed E-state index contributed by atoms with van der Waals surface area (Å²) in [4.78, 5) is 0. The van der Waals surface area contributed by atoms with E-state index >= 15 is 0 Å². The van der Waals surface area contributed by atoms with E-state index in [-0.39, 0.29) is 50.8 Å². The minimum absolute atomic E-state index is 0.0258. The number of hydrogen-bond donors (Lipinski definition) is 0. The van der Waals surface area contributed by atoms with Crippen molar-refractivity contribution in [1.29, 1.82) is 0 Å². The number of benzene rings is 2. The molecule has 0 atom stereocenters. The predicted molar refractivity (Wildman–Crippen MR) is 105 cm³/mol. The van der Waals surface area contributed by atoms with Gasteiger partial charge >= 0.3 is 0 Å². The maximum atomic E-state index is 6.26. The summed E-state index contributed by atoms with van der Waals surface area (Å²) in [7, 11) is 0. The maximum absolute atomic E-state index is 6.26.